The highest BCUT2D eigenvalue weighted by Crippen LogP contribution is 2.28. The van der Waals surface area contributed by atoms with E-state index in [0.717, 1.165) is 24.1 Å². The summed E-state index contributed by atoms with van der Waals surface area (Å²) in [5.74, 6) is 0.427. The molecule has 0 unspecified atom stereocenters. The number of anilines is 2. The molecule has 1 aliphatic rings. The lowest BCUT2D eigenvalue weighted by atomic mass is 10.0. The number of aryl methyl sites for hydroxylation is 1. The molecule has 0 saturated carbocycles. The molecule has 0 saturated heterocycles. The van der Waals surface area contributed by atoms with Crippen LogP contribution in [-0.2, 0) is 16.4 Å². The van der Waals surface area contributed by atoms with Crippen LogP contribution in [0.4, 0.5) is 11.4 Å². The van der Waals surface area contributed by atoms with E-state index >= 15 is 0 Å². The van der Waals surface area contributed by atoms with E-state index < -0.39 is 10.0 Å². The van der Waals surface area contributed by atoms with E-state index in [0.29, 0.717) is 23.5 Å². The van der Waals surface area contributed by atoms with Gasteiger partial charge in [-0.15, -0.1) is 0 Å². The van der Waals surface area contributed by atoms with Crippen molar-refractivity contribution in [2.24, 2.45) is 0 Å². The lowest BCUT2D eigenvalue weighted by Gasteiger charge is -2.29. The van der Waals surface area contributed by atoms with Crippen LogP contribution in [0, 0.1) is 0 Å². The zero-order valence-electron chi connectivity index (χ0n) is 16.5. The zero-order valence-corrected chi connectivity index (χ0v) is 17.4. The standard InChI is InChI=1S/C23H22N2O4S/c1-29-20-13-11-19(12-14-20)24-30(27,28)21-9-4-7-18(16-21)23(26)25-15-5-8-17-6-2-3-10-22(17)25/h2-4,6-7,9-14,16,24H,5,8,15H2,1H3. The van der Waals surface area contributed by atoms with Crippen LogP contribution in [0.25, 0.3) is 0 Å². The molecule has 0 spiro atoms. The van der Waals surface area contributed by atoms with E-state index in [-0.39, 0.29) is 10.8 Å². The number of benzene rings is 3. The molecule has 0 bridgehead atoms. The maximum Gasteiger partial charge on any atom is 0.261 e. The Labute approximate surface area is 176 Å². The molecule has 1 amide bonds. The number of methoxy groups -OCH3 is 1. The quantitative estimate of drug-likeness (QED) is 0.672. The molecule has 6 nitrogen and oxygen atoms in total. The fraction of sp³-hybridized carbons (Fsp3) is 0.174. The summed E-state index contributed by atoms with van der Waals surface area (Å²) in [6, 6.07) is 20.5. The number of rotatable bonds is 5. The van der Waals surface area contributed by atoms with Crippen molar-refractivity contribution in [1.29, 1.82) is 0 Å². The van der Waals surface area contributed by atoms with Crippen molar-refractivity contribution < 1.29 is 17.9 Å². The van der Waals surface area contributed by atoms with Gasteiger partial charge in [0.1, 0.15) is 5.75 Å². The fourth-order valence-electron chi connectivity index (χ4n) is 3.57. The number of para-hydroxylation sites is 1. The second-order valence-corrected chi connectivity index (χ2v) is 8.73. The minimum Gasteiger partial charge on any atom is -0.497 e. The number of hydrogen-bond donors (Lipinski definition) is 1. The minimum absolute atomic E-state index is 0.0365. The van der Waals surface area contributed by atoms with Gasteiger partial charge in [0, 0.05) is 23.5 Å². The van der Waals surface area contributed by atoms with Crippen molar-refractivity contribution in [3.8, 4) is 5.75 Å². The molecule has 0 radical (unpaired) electrons. The zero-order chi connectivity index (χ0) is 21.1. The van der Waals surface area contributed by atoms with E-state index in [2.05, 4.69) is 4.72 Å². The number of ether oxygens (including phenoxy) is 1. The molecule has 4 rings (SSSR count). The maximum atomic E-state index is 13.2. The summed E-state index contributed by atoms with van der Waals surface area (Å²) >= 11 is 0. The summed E-state index contributed by atoms with van der Waals surface area (Å²) in [6.07, 6.45) is 1.81. The minimum atomic E-state index is -3.84. The number of sulfonamides is 1. The van der Waals surface area contributed by atoms with Crippen molar-refractivity contribution in [2.75, 3.05) is 23.3 Å². The largest absolute Gasteiger partial charge is 0.497 e. The molecule has 3 aromatic rings. The number of amides is 1. The van der Waals surface area contributed by atoms with Crippen LogP contribution in [0.1, 0.15) is 22.3 Å². The third-order valence-corrected chi connectivity index (χ3v) is 6.47. The first-order chi connectivity index (χ1) is 14.5. The molecule has 1 N–H and O–H groups in total. The van der Waals surface area contributed by atoms with Crippen LogP contribution in [0.5, 0.6) is 5.75 Å². The second kappa shape index (κ2) is 8.20. The molecule has 0 aromatic heterocycles. The van der Waals surface area contributed by atoms with E-state index in [1.54, 1.807) is 48.4 Å². The van der Waals surface area contributed by atoms with Crippen LogP contribution in [0.3, 0.4) is 0 Å². The highest BCUT2D eigenvalue weighted by molar-refractivity contribution is 7.92. The summed E-state index contributed by atoms with van der Waals surface area (Å²) in [4.78, 5) is 14.9. The van der Waals surface area contributed by atoms with Gasteiger partial charge < -0.3 is 9.64 Å². The van der Waals surface area contributed by atoms with Gasteiger partial charge in [0.15, 0.2) is 0 Å². The molecule has 3 aromatic carbocycles. The first-order valence-electron chi connectivity index (χ1n) is 9.65. The van der Waals surface area contributed by atoms with Crippen LogP contribution >= 0.6 is 0 Å². The lowest BCUT2D eigenvalue weighted by molar-refractivity contribution is 0.0985. The van der Waals surface area contributed by atoms with Gasteiger partial charge in [-0.1, -0.05) is 24.3 Å². The summed E-state index contributed by atoms with van der Waals surface area (Å²) in [7, 11) is -2.30. The molecule has 1 heterocycles. The maximum absolute atomic E-state index is 13.2. The van der Waals surface area contributed by atoms with Crippen molar-refractivity contribution in [3.05, 3.63) is 83.9 Å². The van der Waals surface area contributed by atoms with Gasteiger partial charge in [0.2, 0.25) is 0 Å². The molecule has 7 heteroatoms. The Hall–Kier alpha value is -3.32. The van der Waals surface area contributed by atoms with Crippen molar-refractivity contribution >= 4 is 27.3 Å². The molecule has 0 fully saturated rings. The number of fused-ring (bicyclic) bond motifs is 1. The number of carbonyl (C=O) groups excluding carboxylic acids is 1. The highest BCUT2D eigenvalue weighted by Gasteiger charge is 2.24. The average Bonchev–Trinajstić information content (AvgIpc) is 2.78. The normalized spacial score (nSPS) is 13.4. The first kappa shape index (κ1) is 20.0. The Balaban J connectivity index is 1.60. The van der Waals surface area contributed by atoms with Gasteiger partial charge in [-0.05, 0) is 66.9 Å². The summed E-state index contributed by atoms with van der Waals surface area (Å²) in [6.45, 7) is 0.608. The monoisotopic (exact) mass is 422 g/mol. The van der Waals surface area contributed by atoms with Gasteiger partial charge in [-0.3, -0.25) is 9.52 Å². The summed E-state index contributed by atoms with van der Waals surface area (Å²) in [5, 5.41) is 0. The van der Waals surface area contributed by atoms with Crippen molar-refractivity contribution in [2.45, 2.75) is 17.7 Å². The van der Waals surface area contributed by atoms with E-state index in [1.165, 1.54) is 12.1 Å². The van der Waals surface area contributed by atoms with E-state index in [9.17, 15) is 13.2 Å². The van der Waals surface area contributed by atoms with Gasteiger partial charge in [-0.2, -0.15) is 0 Å². The Kier molecular flexibility index (Phi) is 5.46. The van der Waals surface area contributed by atoms with Crippen LogP contribution < -0.4 is 14.4 Å². The fourth-order valence-corrected chi connectivity index (χ4v) is 4.67. The Bertz CT molecular complexity index is 1170. The van der Waals surface area contributed by atoms with E-state index in [4.69, 9.17) is 4.74 Å². The SMILES string of the molecule is COc1ccc(NS(=O)(=O)c2cccc(C(=O)N3CCCc4ccccc43)c2)cc1. The van der Waals surface area contributed by atoms with Gasteiger partial charge in [0.05, 0.1) is 12.0 Å². The van der Waals surface area contributed by atoms with Gasteiger partial charge in [0.25, 0.3) is 15.9 Å². The molecule has 30 heavy (non-hydrogen) atoms. The highest BCUT2D eigenvalue weighted by atomic mass is 32.2. The summed E-state index contributed by atoms with van der Waals surface area (Å²) < 4.78 is 33.3. The van der Waals surface area contributed by atoms with Gasteiger partial charge >= 0.3 is 0 Å². The topological polar surface area (TPSA) is 75.7 Å². The number of hydrogen-bond acceptors (Lipinski definition) is 4. The Morgan fingerprint density at radius 1 is 1.00 bits per heavy atom. The summed E-state index contributed by atoms with van der Waals surface area (Å²) in [5.41, 5.74) is 2.77. The van der Waals surface area contributed by atoms with E-state index in [1.807, 2.05) is 24.3 Å². The van der Waals surface area contributed by atoms with Crippen LogP contribution in [0.2, 0.25) is 0 Å². The van der Waals surface area contributed by atoms with Gasteiger partial charge in [-0.25, -0.2) is 8.42 Å². The molecule has 0 atom stereocenters. The van der Waals surface area contributed by atoms with Crippen molar-refractivity contribution in [1.82, 2.24) is 0 Å². The Morgan fingerprint density at radius 3 is 2.53 bits per heavy atom. The predicted octanol–water partition coefficient (Wildman–Crippen LogP) is 4.09. The lowest BCUT2D eigenvalue weighted by Crippen LogP contribution is -2.35. The predicted molar refractivity (Wildman–Crippen MR) is 117 cm³/mol. The van der Waals surface area contributed by atoms with Crippen LogP contribution in [-0.4, -0.2) is 28.0 Å². The Morgan fingerprint density at radius 2 is 1.77 bits per heavy atom. The van der Waals surface area contributed by atoms with Crippen LogP contribution in [0.15, 0.2) is 77.7 Å². The third-order valence-electron chi connectivity index (χ3n) is 5.09. The number of nitrogens with zero attached hydrogens (tertiary/aromatic N) is 1. The molecule has 0 aliphatic carbocycles. The number of carbonyl (C=O) groups is 1. The molecular weight excluding hydrogens is 400 g/mol. The first-order valence-corrected chi connectivity index (χ1v) is 11.1. The van der Waals surface area contributed by atoms with Crippen molar-refractivity contribution in [3.63, 3.8) is 0 Å². The smallest absolute Gasteiger partial charge is 0.261 e. The molecule has 154 valence electrons. The average molecular weight is 423 g/mol. The molecule has 1 aliphatic heterocycles. The third kappa shape index (κ3) is 4.02. The molecular formula is C23H22N2O4S. The second-order valence-electron chi connectivity index (χ2n) is 7.05. The number of nitrogens with one attached hydrogen (secondary N) is 1.